The minimum Gasteiger partial charge on any atom is -0.459 e. The Bertz CT molecular complexity index is 565. The van der Waals surface area contributed by atoms with Crippen LogP contribution in [0.2, 0.25) is 0 Å². The Labute approximate surface area is 135 Å². The Hall–Kier alpha value is -1.66. The van der Waals surface area contributed by atoms with Gasteiger partial charge in [-0.05, 0) is 38.2 Å². The third kappa shape index (κ3) is 3.19. The lowest BCUT2D eigenvalue weighted by Crippen LogP contribution is -2.29. The lowest BCUT2D eigenvalue weighted by atomic mass is 9.84. The molecule has 0 amide bonds. The smallest absolute Gasteiger partial charge is 0.334 e. The summed E-state index contributed by atoms with van der Waals surface area (Å²) in [6.07, 6.45) is 4.77. The van der Waals surface area contributed by atoms with E-state index in [0.717, 1.165) is 18.4 Å². The predicted molar refractivity (Wildman–Crippen MR) is 80.4 cm³/mol. The topological polar surface area (TPSA) is 85.4 Å². The summed E-state index contributed by atoms with van der Waals surface area (Å²) in [7, 11) is 0. The van der Waals surface area contributed by atoms with Crippen molar-refractivity contribution in [1.82, 2.24) is 0 Å². The van der Waals surface area contributed by atoms with E-state index in [2.05, 4.69) is 12.7 Å². The van der Waals surface area contributed by atoms with Gasteiger partial charge in [0.05, 0.1) is 5.60 Å². The van der Waals surface area contributed by atoms with E-state index in [-0.39, 0.29) is 36.3 Å². The lowest BCUT2D eigenvalue weighted by Gasteiger charge is -2.20. The molecule has 126 valence electrons. The van der Waals surface area contributed by atoms with Gasteiger partial charge in [0.15, 0.2) is 0 Å². The van der Waals surface area contributed by atoms with Crippen molar-refractivity contribution in [3.63, 3.8) is 0 Å². The summed E-state index contributed by atoms with van der Waals surface area (Å²) < 4.78 is 16.3. The number of carbonyl (C=O) groups excluding carboxylic acids is 2. The van der Waals surface area contributed by atoms with Gasteiger partial charge in [-0.1, -0.05) is 12.7 Å². The Balaban J connectivity index is 1.73. The van der Waals surface area contributed by atoms with Crippen LogP contribution in [0, 0.1) is 5.92 Å². The van der Waals surface area contributed by atoms with Gasteiger partial charge in [0.25, 0.3) is 0 Å². The minimum atomic E-state index is -0.637. The van der Waals surface area contributed by atoms with Gasteiger partial charge in [-0.25, -0.2) is 9.59 Å². The molecule has 0 radical (unpaired) electrons. The van der Waals surface area contributed by atoms with Crippen LogP contribution in [-0.4, -0.2) is 48.1 Å². The highest BCUT2D eigenvalue weighted by atomic mass is 16.6. The average Bonchev–Trinajstić information content (AvgIpc) is 3.12. The first kappa shape index (κ1) is 16.2. The summed E-state index contributed by atoms with van der Waals surface area (Å²) in [5.41, 5.74) is 1.22. The number of hydrogen-bond donors (Lipinski definition) is 1. The van der Waals surface area contributed by atoms with Crippen LogP contribution < -0.4 is 0 Å². The Morgan fingerprint density at radius 1 is 1.57 bits per heavy atom. The number of epoxide rings is 1. The van der Waals surface area contributed by atoms with Crippen molar-refractivity contribution < 1.29 is 28.9 Å². The third-order valence-corrected chi connectivity index (χ3v) is 4.99. The molecule has 2 heterocycles. The first-order valence-corrected chi connectivity index (χ1v) is 7.96. The quantitative estimate of drug-likeness (QED) is 0.365. The standard InChI is InChI=1S/C17H22O6/c1-10-12-6-5-11(9-21-13(19)8-18)4-3-7-17(2)15(23-17)14(12)22-16(10)20/h4,12,14-15,18H,1,3,5-9H2,2H3/b11-4+/t12-,14-,15+,17+/m0/s1. The Morgan fingerprint density at radius 2 is 2.35 bits per heavy atom. The lowest BCUT2D eigenvalue weighted by molar-refractivity contribution is -0.146. The van der Waals surface area contributed by atoms with E-state index in [1.807, 2.05) is 6.92 Å². The molecule has 3 rings (SSSR count). The summed E-state index contributed by atoms with van der Waals surface area (Å²) in [4.78, 5) is 23.0. The molecule has 6 heteroatoms. The van der Waals surface area contributed by atoms with Gasteiger partial charge in [-0.15, -0.1) is 0 Å². The van der Waals surface area contributed by atoms with Gasteiger partial charge < -0.3 is 19.3 Å². The highest BCUT2D eigenvalue weighted by molar-refractivity contribution is 5.91. The molecule has 2 saturated heterocycles. The number of carbonyl (C=O) groups is 2. The molecule has 4 atom stereocenters. The number of rotatable bonds is 3. The van der Waals surface area contributed by atoms with Crippen LogP contribution >= 0.6 is 0 Å². The first-order valence-electron chi connectivity index (χ1n) is 7.96. The maximum Gasteiger partial charge on any atom is 0.334 e. The predicted octanol–water partition coefficient (Wildman–Crippen LogP) is 1.28. The molecule has 23 heavy (non-hydrogen) atoms. The van der Waals surface area contributed by atoms with Gasteiger partial charge in [0.2, 0.25) is 0 Å². The number of aliphatic hydroxyl groups is 1. The van der Waals surface area contributed by atoms with E-state index in [1.54, 1.807) is 0 Å². The molecule has 0 spiro atoms. The van der Waals surface area contributed by atoms with Crippen molar-refractivity contribution in [3.05, 3.63) is 23.8 Å². The number of aliphatic hydroxyl groups excluding tert-OH is 1. The zero-order valence-electron chi connectivity index (χ0n) is 13.2. The van der Waals surface area contributed by atoms with E-state index >= 15 is 0 Å². The van der Waals surface area contributed by atoms with Crippen molar-refractivity contribution in [2.75, 3.05) is 13.2 Å². The van der Waals surface area contributed by atoms with Crippen molar-refractivity contribution in [2.24, 2.45) is 5.92 Å². The maximum absolute atomic E-state index is 11.9. The van der Waals surface area contributed by atoms with Gasteiger partial charge >= 0.3 is 11.9 Å². The molecule has 3 aliphatic rings. The number of fused-ring (bicyclic) bond motifs is 3. The SMILES string of the molecule is C=C1C(=O)O[C@@H]2[C@H]3O[C@]3(C)CC/C=C(/COC(=O)CO)CC[C@@H]12. The van der Waals surface area contributed by atoms with Gasteiger partial charge in [-0.3, -0.25) is 0 Å². The minimum absolute atomic E-state index is 0.0575. The van der Waals surface area contributed by atoms with Crippen molar-refractivity contribution in [3.8, 4) is 0 Å². The molecule has 0 aromatic heterocycles. The summed E-state index contributed by atoms with van der Waals surface area (Å²) in [5, 5.41) is 8.73. The Kier molecular flexibility index (Phi) is 4.29. The van der Waals surface area contributed by atoms with E-state index in [1.165, 1.54) is 0 Å². The largest absolute Gasteiger partial charge is 0.459 e. The highest BCUT2D eigenvalue weighted by Crippen LogP contribution is 2.49. The van der Waals surface area contributed by atoms with Crippen molar-refractivity contribution >= 4 is 11.9 Å². The molecule has 0 aromatic carbocycles. The van der Waals surface area contributed by atoms with Crippen LogP contribution in [-0.2, 0) is 23.8 Å². The molecule has 0 aromatic rings. The zero-order valence-corrected chi connectivity index (χ0v) is 13.2. The monoisotopic (exact) mass is 322 g/mol. The van der Waals surface area contributed by atoms with Gasteiger partial charge in [0, 0.05) is 11.5 Å². The van der Waals surface area contributed by atoms with Crippen LogP contribution in [0.5, 0.6) is 0 Å². The van der Waals surface area contributed by atoms with Crippen LogP contribution in [0.15, 0.2) is 23.8 Å². The van der Waals surface area contributed by atoms with E-state index in [9.17, 15) is 9.59 Å². The fourth-order valence-electron chi connectivity index (χ4n) is 3.47. The van der Waals surface area contributed by atoms with E-state index in [4.69, 9.17) is 19.3 Å². The molecule has 2 aliphatic heterocycles. The highest BCUT2D eigenvalue weighted by Gasteiger charge is 2.61. The van der Waals surface area contributed by atoms with E-state index < -0.39 is 12.6 Å². The third-order valence-electron chi connectivity index (χ3n) is 4.99. The molecule has 0 unspecified atom stereocenters. The second kappa shape index (κ2) is 6.09. The fraction of sp³-hybridized carbons (Fsp3) is 0.647. The van der Waals surface area contributed by atoms with Gasteiger partial charge in [0.1, 0.15) is 25.4 Å². The molecule has 0 bridgehead atoms. The molecule has 0 saturated carbocycles. The average molecular weight is 322 g/mol. The second-order valence-corrected chi connectivity index (χ2v) is 6.61. The van der Waals surface area contributed by atoms with Crippen LogP contribution in [0.4, 0.5) is 0 Å². The first-order chi connectivity index (χ1) is 10.9. The molecular formula is C17H22O6. The number of hydrogen-bond acceptors (Lipinski definition) is 6. The molecule has 1 N–H and O–H groups in total. The second-order valence-electron chi connectivity index (χ2n) is 6.61. The molecular weight excluding hydrogens is 300 g/mol. The fourth-order valence-corrected chi connectivity index (χ4v) is 3.47. The van der Waals surface area contributed by atoms with Crippen molar-refractivity contribution in [1.29, 1.82) is 0 Å². The van der Waals surface area contributed by atoms with Crippen LogP contribution in [0.1, 0.15) is 32.6 Å². The van der Waals surface area contributed by atoms with Crippen molar-refractivity contribution in [2.45, 2.75) is 50.4 Å². The normalized spacial score (nSPS) is 38.7. The number of allylic oxidation sites excluding steroid dienone is 1. The summed E-state index contributed by atoms with van der Waals surface area (Å²) in [6, 6.07) is 0. The Morgan fingerprint density at radius 3 is 3.09 bits per heavy atom. The molecule has 1 aliphatic carbocycles. The summed E-state index contributed by atoms with van der Waals surface area (Å²) >= 11 is 0. The van der Waals surface area contributed by atoms with Gasteiger partial charge in [-0.2, -0.15) is 0 Å². The summed E-state index contributed by atoms with van der Waals surface area (Å²) in [5.74, 6) is -1.04. The maximum atomic E-state index is 11.9. The molecule has 2 fully saturated rings. The number of ether oxygens (including phenoxy) is 3. The van der Waals surface area contributed by atoms with E-state index in [0.29, 0.717) is 18.4 Å². The van der Waals surface area contributed by atoms with Crippen LogP contribution in [0.25, 0.3) is 0 Å². The zero-order chi connectivity index (χ0) is 16.6. The molecule has 6 nitrogen and oxygen atoms in total. The number of esters is 2. The van der Waals surface area contributed by atoms with Crippen LogP contribution in [0.3, 0.4) is 0 Å². The summed E-state index contributed by atoms with van der Waals surface area (Å²) in [6.45, 7) is 5.44.